The van der Waals surface area contributed by atoms with Gasteiger partial charge in [0.15, 0.2) is 0 Å². The van der Waals surface area contributed by atoms with Crippen LogP contribution < -0.4 is 10.1 Å². The number of fused-ring (bicyclic) bond motifs is 2. The highest BCUT2D eigenvalue weighted by atomic mass is 16.5. The van der Waals surface area contributed by atoms with Crippen molar-refractivity contribution >= 4 is 23.4 Å². The van der Waals surface area contributed by atoms with Crippen molar-refractivity contribution < 1.29 is 19.1 Å². The number of carbonyl (C=O) groups excluding carboxylic acids is 3. The van der Waals surface area contributed by atoms with Crippen molar-refractivity contribution in [3.63, 3.8) is 0 Å². The third kappa shape index (κ3) is 5.25. The molecule has 3 amide bonds. The van der Waals surface area contributed by atoms with Crippen molar-refractivity contribution in [2.45, 2.75) is 44.7 Å². The number of benzene rings is 3. The first-order valence-electron chi connectivity index (χ1n) is 14.9. The Morgan fingerprint density at radius 1 is 0.884 bits per heavy atom. The maximum atomic E-state index is 13.1. The Morgan fingerprint density at radius 2 is 1.67 bits per heavy atom. The van der Waals surface area contributed by atoms with Crippen LogP contribution in [0.1, 0.15) is 45.5 Å². The molecular weight excluding hydrogens is 542 g/mol. The minimum Gasteiger partial charge on any atom is -0.489 e. The molecule has 9 nitrogen and oxygen atoms in total. The molecule has 0 radical (unpaired) electrons. The van der Waals surface area contributed by atoms with Crippen LogP contribution >= 0.6 is 0 Å². The second-order valence-electron chi connectivity index (χ2n) is 11.7. The number of carbonyl (C=O) groups is 3. The summed E-state index contributed by atoms with van der Waals surface area (Å²) in [5.41, 5.74) is 6.22. The summed E-state index contributed by atoms with van der Waals surface area (Å²) in [5.74, 6) is -0.257. The van der Waals surface area contributed by atoms with Crippen LogP contribution in [0.4, 0.5) is 0 Å². The minimum absolute atomic E-state index is 0.198. The van der Waals surface area contributed by atoms with E-state index >= 15 is 0 Å². The van der Waals surface area contributed by atoms with Crippen molar-refractivity contribution in [1.29, 1.82) is 0 Å². The molecule has 2 unspecified atom stereocenters. The fourth-order valence-electron chi connectivity index (χ4n) is 6.65. The number of ether oxygens (including phenoxy) is 1. The molecule has 9 heteroatoms. The van der Waals surface area contributed by atoms with E-state index in [0.717, 1.165) is 37.3 Å². The summed E-state index contributed by atoms with van der Waals surface area (Å²) in [6, 6.07) is 24.0. The fourth-order valence-corrected chi connectivity index (χ4v) is 6.65. The zero-order valence-corrected chi connectivity index (χ0v) is 24.2. The molecule has 0 saturated carbocycles. The minimum atomic E-state index is -0.641. The molecule has 43 heavy (non-hydrogen) atoms. The first kappa shape index (κ1) is 27.2. The van der Waals surface area contributed by atoms with Gasteiger partial charge in [-0.2, -0.15) is 0 Å². The smallest absolute Gasteiger partial charge is 0.255 e. The van der Waals surface area contributed by atoms with Gasteiger partial charge in [0.05, 0.1) is 12.2 Å². The Labute approximate surface area is 251 Å². The molecule has 0 aliphatic carbocycles. The molecule has 4 heterocycles. The summed E-state index contributed by atoms with van der Waals surface area (Å²) >= 11 is 0. The number of nitrogens with zero attached hydrogens (tertiary/aromatic N) is 4. The Balaban J connectivity index is 0.951. The maximum Gasteiger partial charge on any atom is 0.255 e. The van der Waals surface area contributed by atoms with Gasteiger partial charge >= 0.3 is 0 Å². The highest BCUT2D eigenvalue weighted by Gasteiger charge is 2.40. The van der Waals surface area contributed by atoms with Crippen molar-refractivity contribution in [2.24, 2.45) is 0 Å². The third-order valence-corrected chi connectivity index (χ3v) is 8.98. The van der Waals surface area contributed by atoms with E-state index in [2.05, 4.69) is 87.9 Å². The average Bonchev–Trinajstić information content (AvgIpc) is 3.54. The van der Waals surface area contributed by atoms with Gasteiger partial charge in [0, 0.05) is 57.0 Å². The number of likely N-dealkylation sites (N-methyl/N-ethyl adjacent to an activating group) is 1. The SMILES string of the molecule is CN1C=C(c2ccccc2)N2CCN(Cc3ccc(COc4cccc5c4CN(C4CCC(=O)NC4=O)C5=O)cc3)CC12. The van der Waals surface area contributed by atoms with E-state index in [-0.39, 0.29) is 18.2 Å². The predicted octanol–water partition coefficient (Wildman–Crippen LogP) is 3.41. The van der Waals surface area contributed by atoms with Gasteiger partial charge in [0.1, 0.15) is 24.6 Å². The van der Waals surface area contributed by atoms with Crippen LogP contribution in [0.25, 0.3) is 5.70 Å². The summed E-state index contributed by atoms with van der Waals surface area (Å²) in [7, 11) is 2.16. The van der Waals surface area contributed by atoms with Crippen LogP contribution in [0.2, 0.25) is 0 Å². The van der Waals surface area contributed by atoms with E-state index in [4.69, 9.17) is 4.74 Å². The number of amides is 3. The van der Waals surface area contributed by atoms with Crippen molar-refractivity contribution in [3.05, 3.63) is 107 Å². The fraction of sp³-hybridized carbons (Fsp3) is 0.324. The van der Waals surface area contributed by atoms with E-state index in [1.807, 2.05) is 12.1 Å². The summed E-state index contributed by atoms with van der Waals surface area (Å²) in [5, 5.41) is 2.35. The van der Waals surface area contributed by atoms with E-state index in [9.17, 15) is 14.4 Å². The average molecular weight is 578 g/mol. The normalized spacial score (nSPS) is 21.9. The molecule has 4 aliphatic heterocycles. The number of rotatable bonds is 7. The molecule has 3 aromatic carbocycles. The zero-order valence-electron chi connectivity index (χ0n) is 24.2. The van der Waals surface area contributed by atoms with Crippen LogP contribution in [0.15, 0.2) is 79.0 Å². The van der Waals surface area contributed by atoms with E-state index in [1.54, 1.807) is 11.0 Å². The Morgan fingerprint density at radius 3 is 2.47 bits per heavy atom. The second-order valence-corrected chi connectivity index (χ2v) is 11.7. The lowest BCUT2D eigenvalue weighted by atomic mass is 10.0. The molecule has 2 atom stereocenters. The molecule has 2 fully saturated rings. The number of hydrogen-bond donors (Lipinski definition) is 1. The number of piperidine rings is 1. The summed E-state index contributed by atoms with van der Waals surface area (Å²) < 4.78 is 6.20. The lowest BCUT2D eigenvalue weighted by molar-refractivity contribution is -0.136. The predicted molar refractivity (Wildman–Crippen MR) is 161 cm³/mol. The summed E-state index contributed by atoms with van der Waals surface area (Å²) in [4.78, 5) is 46.0. The number of nitrogens with one attached hydrogen (secondary N) is 1. The first-order valence-corrected chi connectivity index (χ1v) is 14.9. The highest BCUT2D eigenvalue weighted by molar-refractivity contribution is 6.05. The van der Waals surface area contributed by atoms with E-state index < -0.39 is 11.9 Å². The van der Waals surface area contributed by atoms with E-state index in [1.165, 1.54) is 16.8 Å². The highest BCUT2D eigenvalue weighted by Crippen LogP contribution is 2.34. The summed E-state index contributed by atoms with van der Waals surface area (Å²) in [6.45, 7) is 4.54. The van der Waals surface area contributed by atoms with Gasteiger partial charge in [-0.3, -0.25) is 24.6 Å². The molecule has 0 aromatic heterocycles. The molecule has 0 spiro atoms. The maximum absolute atomic E-state index is 13.1. The van der Waals surface area contributed by atoms with Crippen molar-refractivity contribution in [3.8, 4) is 5.75 Å². The van der Waals surface area contributed by atoms with Gasteiger partial charge in [0.25, 0.3) is 5.91 Å². The van der Waals surface area contributed by atoms with Crippen LogP contribution in [0.3, 0.4) is 0 Å². The molecule has 7 rings (SSSR count). The lowest BCUT2D eigenvalue weighted by Gasteiger charge is -2.42. The Hall–Kier alpha value is -4.63. The molecular formula is C34H35N5O4. The molecule has 4 aliphatic rings. The molecule has 2 saturated heterocycles. The second kappa shape index (κ2) is 11.2. The van der Waals surface area contributed by atoms with Crippen LogP contribution in [0.5, 0.6) is 5.75 Å². The monoisotopic (exact) mass is 577 g/mol. The van der Waals surface area contributed by atoms with Crippen LogP contribution in [-0.2, 0) is 29.3 Å². The van der Waals surface area contributed by atoms with E-state index in [0.29, 0.717) is 37.1 Å². The lowest BCUT2D eigenvalue weighted by Crippen LogP contribution is -2.53. The van der Waals surface area contributed by atoms with Gasteiger partial charge in [0.2, 0.25) is 11.8 Å². The summed E-state index contributed by atoms with van der Waals surface area (Å²) in [6.07, 6.45) is 3.17. The quantitative estimate of drug-likeness (QED) is 0.431. The molecule has 220 valence electrons. The Bertz CT molecular complexity index is 1590. The van der Waals surface area contributed by atoms with Crippen molar-refractivity contribution in [1.82, 2.24) is 24.9 Å². The zero-order chi connectivity index (χ0) is 29.5. The van der Waals surface area contributed by atoms with Crippen LogP contribution in [-0.4, -0.2) is 76.2 Å². The number of hydrogen-bond acceptors (Lipinski definition) is 7. The largest absolute Gasteiger partial charge is 0.489 e. The van der Waals surface area contributed by atoms with Crippen molar-refractivity contribution in [2.75, 3.05) is 26.7 Å². The first-order chi connectivity index (χ1) is 20.9. The van der Waals surface area contributed by atoms with Gasteiger partial charge in [-0.25, -0.2) is 0 Å². The standard InChI is InChI=1S/C34H35N5O4/c1-36-20-29(25-6-3-2-4-7-25)38-17-16-37(21-32(36)38)18-23-10-12-24(13-11-23)22-43-30-9-5-8-26-27(30)19-39(34(26)42)28-14-15-31(40)35-33(28)41/h2-13,20,28,32H,14-19,21-22H2,1H3,(H,35,40,41). The molecule has 1 N–H and O–H groups in total. The topological polar surface area (TPSA) is 85.4 Å². The molecule has 3 aromatic rings. The molecule has 0 bridgehead atoms. The van der Waals surface area contributed by atoms with Crippen LogP contribution in [0, 0.1) is 0 Å². The van der Waals surface area contributed by atoms with Gasteiger partial charge < -0.3 is 19.4 Å². The van der Waals surface area contributed by atoms with Gasteiger partial charge in [-0.1, -0.05) is 60.7 Å². The Kier molecular flexibility index (Phi) is 7.10. The van der Waals surface area contributed by atoms with Gasteiger partial charge in [-0.05, 0) is 35.2 Å². The number of piperazine rings is 1. The van der Waals surface area contributed by atoms with Gasteiger partial charge in [-0.15, -0.1) is 0 Å². The number of imide groups is 1. The third-order valence-electron chi connectivity index (χ3n) is 8.98.